The molecule has 1 aromatic heterocycles. The second kappa shape index (κ2) is 5.82. The maximum Gasteiger partial charge on any atom is 0.354 e. The van der Waals surface area contributed by atoms with Crippen LogP contribution in [0.25, 0.3) is 0 Å². The van der Waals surface area contributed by atoms with Crippen molar-refractivity contribution in [3.05, 3.63) is 23.9 Å². The molecule has 0 aliphatic heterocycles. The molecule has 0 aromatic carbocycles. The van der Waals surface area contributed by atoms with Crippen molar-refractivity contribution < 1.29 is 15.0 Å². The zero-order valence-electron chi connectivity index (χ0n) is 11.0. The summed E-state index contributed by atoms with van der Waals surface area (Å²) in [5, 5.41) is 21.3. The number of aromatic nitrogens is 1. The van der Waals surface area contributed by atoms with Gasteiger partial charge < -0.3 is 15.5 Å². The van der Waals surface area contributed by atoms with Crippen molar-refractivity contribution in [2.75, 3.05) is 11.9 Å². The first-order chi connectivity index (χ1) is 8.30. The first-order valence-corrected chi connectivity index (χ1v) is 5.92. The number of hydrogen-bond acceptors (Lipinski definition) is 4. The summed E-state index contributed by atoms with van der Waals surface area (Å²) in [5.74, 6) is -0.504. The number of aliphatic hydroxyl groups excluding tert-OH is 1. The molecule has 0 saturated carbocycles. The van der Waals surface area contributed by atoms with Gasteiger partial charge in [-0.3, -0.25) is 0 Å². The third-order valence-electron chi connectivity index (χ3n) is 2.56. The van der Waals surface area contributed by atoms with Gasteiger partial charge in [-0.2, -0.15) is 0 Å². The molecule has 0 bridgehead atoms. The largest absolute Gasteiger partial charge is 0.477 e. The van der Waals surface area contributed by atoms with Crippen LogP contribution in [0.4, 0.5) is 5.82 Å². The molecule has 0 radical (unpaired) electrons. The number of rotatable bonds is 6. The Kier molecular flexibility index (Phi) is 4.67. The summed E-state index contributed by atoms with van der Waals surface area (Å²) in [6.45, 7) is 6.44. The van der Waals surface area contributed by atoms with E-state index in [0.29, 0.717) is 18.8 Å². The molecule has 1 atom stereocenters. The normalized spacial score (nSPS) is 13.1. The van der Waals surface area contributed by atoms with Crippen molar-refractivity contribution in [2.24, 2.45) is 5.41 Å². The number of carboxylic acid groups (broad SMARTS) is 1. The van der Waals surface area contributed by atoms with Crippen LogP contribution >= 0.6 is 0 Å². The molecule has 3 N–H and O–H groups in total. The minimum absolute atomic E-state index is 0.0216. The van der Waals surface area contributed by atoms with Crippen LogP contribution in [0.3, 0.4) is 0 Å². The molecule has 0 amide bonds. The highest BCUT2D eigenvalue weighted by molar-refractivity contribution is 5.85. The van der Waals surface area contributed by atoms with Crippen molar-refractivity contribution in [2.45, 2.75) is 33.3 Å². The summed E-state index contributed by atoms with van der Waals surface area (Å²) in [5.41, 5.74) is -0.0666. The highest BCUT2D eigenvalue weighted by Crippen LogP contribution is 2.22. The number of carboxylic acids is 1. The highest BCUT2D eigenvalue weighted by Gasteiger charge is 2.20. The maximum absolute atomic E-state index is 10.8. The van der Waals surface area contributed by atoms with E-state index in [-0.39, 0.29) is 17.2 Å². The number of carbonyl (C=O) groups is 1. The van der Waals surface area contributed by atoms with E-state index in [9.17, 15) is 9.90 Å². The lowest BCUT2D eigenvalue weighted by atomic mass is 9.87. The molecule has 0 saturated heterocycles. The SMILES string of the molecule is CC(O)CC(C)(C)CNc1cccc(C(=O)O)n1. The van der Waals surface area contributed by atoms with Crippen LogP contribution in [0, 0.1) is 5.41 Å². The van der Waals surface area contributed by atoms with Gasteiger partial charge in [0.05, 0.1) is 6.10 Å². The van der Waals surface area contributed by atoms with E-state index < -0.39 is 5.97 Å². The van der Waals surface area contributed by atoms with Crippen molar-refractivity contribution in [3.63, 3.8) is 0 Å². The molecular weight excluding hydrogens is 232 g/mol. The van der Waals surface area contributed by atoms with Crippen molar-refractivity contribution in [3.8, 4) is 0 Å². The van der Waals surface area contributed by atoms with Crippen LogP contribution in [-0.4, -0.2) is 33.8 Å². The third kappa shape index (κ3) is 4.71. The van der Waals surface area contributed by atoms with E-state index in [0.717, 1.165) is 0 Å². The predicted molar refractivity (Wildman–Crippen MR) is 69.8 cm³/mol. The summed E-state index contributed by atoms with van der Waals surface area (Å²) in [6, 6.07) is 4.83. The minimum Gasteiger partial charge on any atom is -0.477 e. The van der Waals surface area contributed by atoms with Crippen LogP contribution in [0.2, 0.25) is 0 Å². The average Bonchev–Trinajstić information content (AvgIpc) is 2.25. The Morgan fingerprint density at radius 2 is 2.17 bits per heavy atom. The molecule has 1 aromatic rings. The number of nitrogens with zero attached hydrogens (tertiary/aromatic N) is 1. The summed E-state index contributed by atoms with van der Waals surface area (Å²) >= 11 is 0. The average molecular weight is 252 g/mol. The van der Waals surface area contributed by atoms with E-state index in [1.54, 1.807) is 19.1 Å². The van der Waals surface area contributed by atoms with E-state index in [1.807, 2.05) is 13.8 Å². The first-order valence-electron chi connectivity index (χ1n) is 5.92. The Labute approximate surface area is 107 Å². The topological polar surface area (TPSA) is 82.5 Å². The standard InChI is InChI=1S/C13H20N2O3/c1-9(16)7-13(2,3)8-14-11-6-4-5-10(15-11)12(17)18/h4-6,9,16H,7-8H2,1-3H3,(H,14,15)(H,17,18). The molecule has 0 fully saturated rings. The van der Waals surface area contributed by atoms with Crippen LogP contribution in [-0.2, 0) is 0 Å². The van der Waals surface area contributed by atoms with Gasteiger partial charge in [-0.1, -0.05) is 19.9 Å². The summed E-state index contributed by atoms with van der Waals surface area (Å²) in [7, 11) is 0. The Balaban J connectivity index is 2.63. The van der Waals surface area contributed by atoms with E-state index >= 15 is 0 Å². The van der Waals surface area contributed by atoms with Gasteiger partial charge in [0, 0.05) is 6.54 Å². The fourth-order valence-electron chi connectivity index (χ4n) is 1.85. The molecule has 5 heteroatoms. The van der Waals surface area contributed by atoms with Crippen molar-refractivity contribution >= 4 is 11.8 Å². The lowest BCUT2D eigenvalue weighted by Gasteiger charge is -2.26. The second-order valence-corrected chi connectivity index (χ2v) is 5.28. The first kappa shape index (κ1) is 14.4. The third-order valence-corrected chi connectivity index (χ3v) is 2.56. The van der Waals surface area contributed by atoms with E-state index in [1.165, 1.54) is 6.07 Å². The van der Waals surface area contributed by atoms with Gasteiger partial charge >= 0.3 is 5.97 Å². The molecule has 1 heterocycles. The van der Waals surface area contributed by atoms with Gasteiger partial charge in [0.25, 0.3) is 0 Å². The number of hydrogen-bond donors (Lipinski definition) is 3. The number of anilines is 1. The molecule has 100 valence electrons. The number of nitrogens with one attached hydrogen (secondary N) is 1. The molecule has 0 spiro atoms. The van der Waals surface area contributed by atoms with E-state index in [2.05, 4.69) is 10.3 Å². The number of aromatic carboxylic acids is 1. The van der Waals surface area contributed by atoms with Crippen LogP contribution in [0.1, 0.15) is 37.7 Å². The second-order valence-electron chi connectivity index (χ2n) is 5.28. The van der Waals surface area contributed by atoms with Gasteiger partial charge in [-0.25, -0.2) is 9.78 Å². The fraction of sp³-hybridized carbons (Fsp3) is 0.538. The van der Waals surface area contributed by atoms with Crippen molar-refractivity contribution in [1.29, 1.82) is 0 Å². The van der Waals surface area contributed by atoms with Crippen LogP contribution in [0.15, 0.2) is 18.2 Å². The van der Waals surface area contributed by atoms with Gasteiger partial charge in [-0.15, -0.1) is 0 Å². The lowest BCUT2D eigenvalue weighted by Crippen LogP contribution is -2.27. The zero-order valence-corrected chi connectivity index (χ0v) is 11.0. The number of pyridine rings is 1. The van der Waals surface area contributed by atoms with Crippen LogP contribution < -0.4 is 5.32 Å². The monoisotopic (exact) mass is 252 g/mol. The zero-order chi connectivity index (χ0) is 13.8. The molecule has 1 unspecified atom stereocenters. The maximum atomic E-state index is 10.8. The van der Waals surface area contributed by atoms with Crippen LogP contribution in [0.5, 0.6) is 0 Å². The molecule has 1 rings (SSSR count). The van der Waals surface area contributed by atoms with Gasteiger partial charge in [-0.05, 0) is 30.9 Å². The lowest BCUT2D eigenvalue weighted by molar-refractivity contribution is 0.0690. The fourth-order valence-corrected chi connectivity index (χ4v) is 1.85. The minimum atomic E-state index is -1.04. The number of aliphatic hydroxyl groups is 1. The van der Waals surface area contributed by atoms with Crippen molar-refractivity contribution in [1.82, 2.24) is 4.98 Å². The van der Waals surface area contributed by atoms with E-state index in [4.69, 9.17) is 5.11 Å². The Bertz CT molecular complexity index is 416. The quantitative estimate of drug-likeness (QED) is 0.721. The molecule has 18 heavy (non-hydrogen) atoms. The smallest absolute Gasteiger partial charge is 0.354 e. The molecule has 0 aliphatic carbocycles. The summed E-state index contributed by atoms with van der Waals surface area (Å²) < 4.78 is 0. The van der Waals surface area contributed by atoms with Gasteiger partial charge in [0.2, 0.25) is 0 Å². The Morgan fingerprint density at radius 1 is 1.50 bits per heavy atom. The van der Waals surface area contributed by atoms with Gasteiger partial charge in [0.1, 0.15) is 5.82 Å². The highest BCUT2D eigenvalue weighted by atomic mass is 16.4. The Hall–Kier alpha value is -1.62. The summed E-state index contributed by atoms with van der Waals surface area (Å²) in [4.78, 5) is 14.8. The molecule has 0 aliphatic rings. The molecular formula is C13H20N2O3. The molecule has 5 nitrogen and oxygen atoms in total. The van der Waals surface area contributed by atoms with Gasteiger partial charge in [0.15, 0.2) is 5.69 Å². The Morgan fingerprint density at radius 3 is 2.72 bits per heavy atom. The summed E-state index contributed by atoms with van der Waals surface area (Å²) in [6.07, 6.45) is 0.304. The predicted octanol–water partition coefficient (Wildman–Crippen LogP) is 1.99.